The van der Waals surface area contributed by atoms with E-state index in [4.69, 9.17) is 75.8 Å². The van der Waals surface area contributed by atoms with Gasteiger partial charge in [-0.3, -0.25) is 48.5 Å². The normalized spacial score (nSPS) is 21.4. The van der Waals surface area contributed by atoms with Crippen molar-refractivity contribution in [3.05, 3.63) is 197 Å². The molecule has 5 fully saturated rings. The topological polar surface area (TPSA) is 421 Å². The third kappa shape index (κ3) is 24.6. The van der Waals surface area contributed by atoms with Crippen molar-refractivity contribution in [2.75, 3.05) is 109 Å². The molecule has 0 aliphatic carbocycles. The van der Waals surface area contributed by atoms with Crippen molar-refractivity contribution in [1.29, 1.82) is 0 Å². The molecule has 5 N–H and O–H groups in total. The molecule has 16 rings (SSSR count). The molecule has 38 nitrogen and oxygen atoms in total. The molecule has 0 radical (unpaired) electrons. The SMILES string of the molecule is C=CCCOc1cccc2c1CN(C(=O)O[C@H]1CN[C@H](C(=O)OC)C1)C2.C=CCOC(=O)c1ccc2c(c1)CN(C(=O)O[C@H]1CN[C@H](C(=O)OC)C1)C2.C=CCOc1c(OC)ccc2c1CN(C(=O)O[C@H]1CN[C@H](C(=O)OC)C1)C2.C=CCOc1ccc2c(c1)CN(C(=O)O[C@H]1CN[C@H](C(=O)OC)C1)C2.C=Cc1c2c(cc3c1OCO3)CN(C(=O)O[C@H]1CN[C@H](C(=O)OC)C1)C2. The molecule has 0 saturated carbocycles. The van der Waals surface area contributed by atoms with Crippen molar-refractivity contribution in [2.45, 2.75) is 165 Å². The fourth-order valence-corrected chi connectivity index (χ4v) is 16.5. The predicted molar refractivity (Wildman–Crippen MR) is 467 cm³/mol. The summed E-state index contributed by atoms with van der Waals surface area (Å²) in [7, 11) is 8.27. The molecule has 11 aliphatic rings. The Morgan fingerprint density at radius 3 is 1.24 bits per heavy atom. The first-order valence-corrected chi connectivity index (χ1v) is 42.8. The number of amides is 5. The Morgan fingerprint density at radius 2 is 0.794 bits per heavy atom. The van der Waals surface area contributed by atoms with E-state index in [1.165, 1.54) is 41.6 Å². The van der Waals surface area contributed by atoms with Crippen LogP contribution in [0.1, 0.15) is 110 Å². The maximum Gasteiger partial charge on any atom is 0.410 e. The van der Waals surface area contributed by atoms with Crippen LogP contribution in [0.4, 0.5) is 24.0 Å². The number of fused-ring (bicyclic) bond motifs is 6. The zero-order valence-corrected chi connectivity index (χ0v) is 74.2. The Morgan fingerprint density at radius 1 is 0.389 bits per heavy atom. The summed E-state index contributed by atoms with van der Waals surface area (Å²) >= 11 is 0. The maximum absolute atomic E-state index is 12.6. The van der Waals surface area contributed by atoms with Crippen LogP contribution in [0, 0.1) is 0 Å². The first-order chi connectivity index (χ1) is 63.4. The first-order valence-electron chi connectivity index (χ1n) is 42.8. The number of carbonyl (C=O) groups excluding carboxylic acids is 11. The summed E-state index contributed by atoms with van der Waals surface area (Å²) in [5, 5.41) is 15.0. The molecule has 0 bridgehead atoms. The first kappa shape index (κ1) is 96.6. The average molecular weight is 1820 g/mol. The number of hydrogen-bond acceptors (Lipinski definition) is 33. The van der Waals surface area contributed by atoms with Crippen molar-refractivity contribution in [3.63, 3.8) is 0 Å². The Balaban J connectivity index is 0.000000148. The third-order valence-electron chi connectivity index (χ3n) is 23.2. The van der Waals surface area contributed by atoms with Gasteiger partial charge in [0.1, 0.15) is 92.0 Å². The standard InChI is InChI=1S/C19H24N2O6.C19H22N2O6.C19H24N2O5.C18H20N2O6.C18H22N2O5/c1-4-7-26-17-14-11-21(10-12(14)5-6-16(17)24-2)19(23)27-13-8-15(20-9-13)18(22)25-3;1-3-6-26-17(22)12-4-5-13-10-21(11-14(13)7-12)19(24)27-15-8-16(20-9-15)18(23)25-2;1-3-4-8-25-17-7-5-6-13-11-21(12-15(13)17)19(23)26-14-9-16(20-10-14)18(22)24-2;1-3-12-13-8-20(7-10(13)4-15-16(12)25-9-24-15)18(22)26-11-5-14(19-6-11)17(21)23-2;1-3-6-24-14-5-4-12-10-20(11-13(12)7-14)18(22)25-15-8-16(19-9-15)17(21)23-2/h4-6,13,15,20H,1,7-11H2,2-3H3;3-5,7,15-16,20H,1,6,8-11H2,2H3;3,5-7,14,16,20H,1,4,8-12H2,2H3;3-4,11,14,19H,1,5-9H2,2H3;3-5,7,15-16,19H,1,6,8-11H2,2H3/t13-,15+;15-,16+;14-,16+;11-,14+;15-,16+/m11111/s1. The zero-order valence-electron chi connectivity index (χ0n) is 74.2. The Bertz CT molecular complexity index is 5060. The molecule has 11 aliphatic heterocycles. The number of carbonyl (C=O) groups is 11. The van der Waals surface area contributed by atoms with E-state index in [0.29, 0.717) is 179 Å². The monoisotopic (exact) mass is 1820 g/mol. The lowest BCUT2D eigenvalue weighted by Gasteiger charge is -2.19. The molecule has 0 aromatic heterocycles. The summed E-state index contributed by atoms with van der Waals surface area (Å²) in [6.07, 6.45) is 7.43. The third-order valence-corrected chi connectivity index (χ3v) is 23.2. The van der Waals surface area contributed by atoms with Gasteiger partial charge in [0.2, 0.25) is 6.79 Å². The van der Waals surface area contributed by atoms with Crippen LogP contribution < -0.4 is 55.0 Å². The number of nitrogens with one attached hydrogen (secondary N) is 5. The molecule has 38 heteroatoms. The smallest absolute Gasteiger partial charge is 0.410 e. The molecule has 702 valence electrons. The number of methoxy groups -OCH3 is 6. The van der Waals surface area contributed by atoms with E-state index in [9.17, 15) is 52.7 Å². The summed E-state index contributed by atoms with van der Waals surface area (Å²) in [6.45, 7) is 26.6. The van der Waals surface area contributed by atoms with Crippen LogP contribution in [-0.2, 0) is 142 Å². The van der Waals surface area contributed by atoms with E-state index in [-0.39, 0.29) is 86.0 Å². The highest BCUT2D eigenvalue weighted by Crippen LogP contribution is 2.44. The van der Waals surface area contributed by atoms with Gasteiger partial charge in [0.05, 0.1) is 74.5 Å². The van der Waals surface area contributed by atoms with Crippen LogP contribution in [0.15, 0.2) is 130 Å². The molecule has 0 spiro atoms. The Hall–Kier alpha value is -13.4. The molecule has 10 atom stereocenters. The molecular formula is C93H112N10O28. The van der Waals surface area contributed by atoms with Crippen molar-refractivity contribution in [1.82, 2.24) is 51.1 Å². The van der Waals surface area contributed by atoms with Gasteiger partial charge < -0.3 is 107 Å². The number of benzene rings is 5. The lowest BCUT2D eigenvalue weighted by Crippen LogP contribution is -2.31. The van der Waals surface area contributed by atoms with Gasteiger partial charge in [-0.25, -0.2) is 28.8 Å². The van der Waals surface area contributed by atoms with Crippen LogP contribution in [0.2, 0.25) is 0 Å². The van der Waals surface area contributed by atoms with Gasteiger partial charge in [0, 0.05) is 127 Å². The molecule has 131 heavy (non-hydrogen) atoms. The second-order valence-electron chi connectivity index (χ2n) is 31.8. The lowest BCUT2D eigenvalue weighted by molar-refractivity contribution is -0.143. The number of ether oxygens (including phenoxy) is 17. The Labute approximate surface area is 757 Å². The number of nitrogens with zero attached hydrogens (tertiary/aromatic N) is 5. The van der Waals surface area contributed by atoms with Crippen LogP contribution >= 0.6 is 0 Å². The molecular weight excluding hydrogens is 1710 g/mol. The quantitative estimate of drug-likeness (QED) is 0.0160. The van der Waals surface area contributed by atoms with Crippen LogP contribution in [0.5, 0.6) is 34.5 Å². The minimum Gasteiger partial charge on any atom is -0.493 e. The van der Waals surface area contributed by atoms with Gasteiger partial charge in [0.25, 0.3) is 0 Å². The maximum atomic E-state index is 12.6. The van der Waals surface area contributed by atoms with Gasteiger partial charge in [0.15, 0.2) is 23.0 Å². The van der Waals surface area contributed by atoms with Crippen LogP contribution in [0.25, 0.3) is 6.08 Å². The van der Waals surface area contributed by atoms with E-state index < -0.39 is 54.5 Å². The van der Waals surface area contributed by atoms with Crippen molar-refractivity contribution in [3.8, 4) is 34.5 Å². The second kappa shape index (κ2) is 46.2. The molecule has 5 saturated heterocycles. The van der Waals surface area contributed by atoms with Crippen LogP contribution in [0.3, 0.4) is 0 Å². The van der Waals surface area contributed by atoms with Gasteiger partial charge in [-0.1, -0.05) is 87.0 Å². The molecule has 0 unspecified atom stereocenters. The summed E-state index contributed by atoms with van der Waals surface area (Å²) in [5.41, 5.74) is 11.3. The zero-order chi connectivity index (χ0) is 93.4. The Kier molecular flexibility index (Phi) is 34.1. The second-order valence-corrected chi connectivity index (χ2v) is 31.8. The van der Waals surface area contributed by atoms with E-state index in [1.807, 2.05) is 66.7 Å². The minimum absolute atomic E-state index is 0.149. The fourth-order valence-electron chi connectivity index (χ4n) is 16.5. The average Bonchev–Trinajstić information content (AvgIpc) is 1.65. The minimum atomic E-state index is -0.451. The van der Waals surface area contributed by atoms with Crippen molar-refractivity contribution >= 4 is 72.4 Å². The molecule has 5 aromatic carbocycles. The number of hydrogen-bond donors (Lipinski definition) is 5. The van der Waals surface area contributed by atoms with Gasteiger partial charge in [-0.2, -0.15) is 0 Å². The summed E-state index contributed by atoms with van der Waals surface area (Å²) < 4.78 is 89.6. The van der Waals surface area contributed by atoms with E-state index in [2.05, 4.69) is 64.2 Å². The van der Waals surface area contributed by atoms with E-state index >= 15 is 0 Å². The summed E-state index contributed by atoms with van der Waals surface area (Å²) in [6, 6.07) is 20.4. The molecule has 5 aromatic rings. The highest BCUT2D eigenvalue weighted by atomic mass is 16.7. The lowest BCUT2D eigenvalue weighted by atomic mass is 10.0. The fraction of sp³-hybridized carbons (Fsp3) is 0.452. The van der Waals surface area contributed by atoms with Gasteiger partial charge in [-0.15, -0.1) is 6.58 Å². The predicted octanol–water partition coefficient (Wildman–Crippen LogP) is 8.02. The summed E-state index contributed by atoms with van der Waals surface area (Å²) in [5.74, 6) is 2.00. The molecule has 5 amide bonds. The number of esters is 6. The highest BCUT2D eigenvalue weighted by Gasteiger charge is 2.42. The van der Waals surface area contributed by atoms with Crippen molar-refractivity contribution < 1.29 is 133 Å². The summed E-state index contributed by atoms with van der Waals surface area (Å²) in [4.78, 5) is 140. The van der Waals surface area contributed by atoms with Crippen molar-refractivity contribution in [2.24, 2.45) is 0 Å². The van der Waals surface area contributed by atoms with Gasteiger partial charge >= 0.3 is 66.3 Å². The number of rotatable bonds is 25. The highest BCUT2D eigenvalue weighted by molar-refractivity contribution is 5.90. The van der Waals surface area contributed by atoms with Gasteiger partial charge in [-0.05, 0) is 93.4 Å². The van der Waals surface area contributed by atoms with E-state index in [0.717, 1.165) is 79.1 Å². The van der Waals surface area contributed by atoms with E-state index in [1.54, 1.807) is 62.0 Å². The largest absolute Gasteiger partial charge is 0.493 e. The van der Waals surface area contributed by atoms with Crippen LogP contribution in [-0.4, -0.2) is 260 Å². The molecule has 11 heterocycles.